The van der Waals surface area contributed by atoms with Gasteiger partial charge in [0.2, 0.25) is 5.90 Å². The van der Waals surface area contributed by atoms with Crippen LogP contribution in [0.4, 0.5) is 0 Å². The number of phenolic OH excluding ortho intramolecular Hbond substituents is 1. The smallest absolute Gasteiger partial charge is 0.216 e. The van der Waals surface area contributed by atoms with Crippen LogP contribution in [0.2, 0.25) is 0 Å². The molecule has 0 amide bonds. The van der Waals surface area contributed by atoms with E-state index in [0.29, 0.717) is 24.0 Å². The van der Waals surface area contributed by atoms with Crippen molar-refractivity contribution in [2.75, 3.05) is 6.61 Å². The van der Waals surface area contributed by atoms with Gasteiger partial charge in [-0.1, -0.05) is 30.3 Å². The van der Waals surface area contributed by atoms with E-state index in [0.717, 1.165) is 11.1 Å². The highest BCUT2D eigenvalue weighted by Crippen LogP contribution is 2.27. The van der Waals surface area contributed by atoms with Crippen LogP contribution in [0.1, 0.15) is 17.2 Å². The molecule has 1 N–H and O–H groups in total. The molecular formula is C21H17NO3. The lowest BCUT2D eigenvalue weighted by Crippen LogP contribution is -2.01. The van der Waals surface area contributed by atoms with E-state index in [-0.39, 0.29) is 11.8 Å². The average Bonchev–Trinajstić information content (AvgIpc) is 3.15. The lowest BCUT2D eigenvalue weighted by atomic mass is 10.1. The van der Waals surface area contributed by atoms with Gasteiger partial charge in [0.25, 0.3) is 0 Å². The Hall–Kier alpha value is -3.27. The fourth-order valence-corrected chi connectivity index (χ4v) is 2.69. The van der Waals surface area contributed by atoms with Crippen LogP contribution >= 0.6 is 0 Å². The summed E-state index contributed by atoms with van der Waals surface area (Å²) in [6, 6.07) is 24.4. The summed E-state index contributed by atoms with van der Waals surface area (Å²) in [7, 11) is 0. The third kappa shape index (κ3) is 3.48. The van der Waals surface area contributed by atoms with E-state index in [1.54, 1.807) is 24.3 Å². The lowest BCUT2D eigenvalue weighted by molar-refractivity contribution is 0.320. The van der Waals surface area contributed by atoms with E-state index < -0.39 is 0 Å². The Morgan fingerprint density at radius 3 is 2.16 bits per heavy atom. The second kappa shape index (κ2) is 6.69. The number of aromatic hydroxyl groups is 1. The maximum atomic E-state index is 9.30. The highest BCUT2D eigenvalue weighted by molar-refractivity contribution is 5.95. The SMILES string of the molecule is Oc1ccc(Oc2ccc(C3=N[C@@H](c4ccccc4)CO3)cc2)cc1. The third-order valence-corrected chi connectivity index (χ3v) is 4.01. The van der Waals surface area contributed by atoms with Crippen LogP contribution in [-0.2, 0) is 4.74 Å². The topological polar surface area (TPSA) is 51.0 Å². The molecule has 4 nitrogen and oxygen atoms in total. The van der Waals surface area contributed by atoms with E-state index in [4.69, 9.17) is 9.47 Å². The minimum absolute atomic E-state index is 0.0455. The molecule has 1 atom stereocenters. The van der Waals surface area contributed by atoms with Crippen molar-refractivity contribution in [3.05, 3.63) is 90.0 Å². The van der Waals surface area contributed by atoms with E-state index in [1.807, 2.05) is 42.5 Å². The Bertz CT molecular complexity index is 871. The molecule has 1 heterocycles. The van der Waals surface area contributed by atoms with Crippen LogP contribution < -0.4 is 4.74 Å². The van der Waals surface area contributed by atoms with Gasteiger partial charge in [0, 0.05) is 5.56 Å². The number of rotatable bonds is 4. The molecule has 25 heavy (non-hydrogen) atoms. The van der Waals surface area contributed by atoms with Gasteiger partial charge in [-0.25, -0.2) is 4.99 Å². The molecule has 0 saturated heterocycles. The normalized spacial score (nSPS) is 16.2. The fourth-order valence-electron chi connectivity index (χ4n) is 2.69. The molecule has 0 spiro atoms. The zero-order chi connectivity index (χ0) is 17.1. The van der Waals surface area contributed by atoms with Crippen molar-refractivity contribution in [3.8, 4) is 17.2 Å². The number of hydrogen-bond donors (Lipinski definition) is 1. The van der Waals surface area contributed by atoms with Gasteiger partial charge in [0.05, 0.1) is 0 Å². The first kappa shape index (κ1) is 15.3. The monoisotopic (exact) mass is 331 g/mol. The summed E-state index contributed by atoms with van der Waals surface area (Å²) in [4.78, 5) is 4.68. The quantitative estimate of drug-likeness (QED) is 0.754. The Morgan fingerprint density at radius 1 is 0.840 bits per heavy atom. The van der Waals surface area contributed by atoms with Gasteiger partial charge in [0.1, 0.15) is 29.9 Å². The van der Waals surface area contributed by atoms with Crippen molar-refractivity contribution in [2.24, 2.45) is 4.99 Å². The fraction of sp³-hybridized carbons (Fsp3) is 0.0952. The molecule has 1 aliphatic heterocycles. The number of hydrogen-bond acceptors (Lipinski definition) is 4. The largest absolute Gasteiger partial charge is 0.508 e. The molecule has 0 aliphatic carbocycles. The van der Waals surface area contributed by atoms with E-state index in [9.17, 15) is 5.11 Å². The van der Waals surface area contributed by atoms with Crippen LogP contribution in [-0.4, -0.2) is 17.6 Å². The first-order valence-corrected chi connectivity index (χ1v) is 8.11. The van der Waals surface area contributed by atoms with Crippen LogP contribution in [0, 0.1) is 0 Å². The zero-order valence-electron chi connectivity index (χ0n) is 13.5. The van der Waals surface area contributed by atoms with Gasteiger partial charge in [-0.15, -0.1) is 0 Å². The number of ether oxygens (including phenoxy) is 2. The van der Waals surface area contributed by atoms with E-state index in [2.05, 4.69) is 17.1 Å². The average molecular weight is 331 g/mol. The number of nitrogens with zero attached hydrogens (tertiary/aromatic N) is 1. The van der Waals surface area contributed by atoms with Crippen molar-refractivity contribution in [2.45, 2.75) is 6.04 Å². The van der Waals surface area contributed by atoms with E-state index >= 15 is 0 Å². The predicted octanol–water partition coefficient (Wildman–Crippen LogP) is 4.70. The molecule has 4 rings (SSSR count). The summed E-state index contributed by atoms with van der Waals surface area (Å²) in [6.45, 7) is 0.561. The summed E-state index contributed by atoms with van der Waals surface area (Å²) in [5.74, 6) is 2.26. The molecule has 0 fully saturated rings. The van der Waals surface area contributed by atoms with Gasteiger partial charge in [-0.05, 0) is 54.1 Å². The van der Waals surface area contributed by atoms with E-state index in [1.165, 1.54) is 0 Å². The molecule has 0 bridgehead atoms. The Kier molecular flexibility index (Phi) is 4.09. The van der Waals surface area contributed by atoms with Crippen LogP contribution in [0.25, 0.3) is 0 Å². The summed E-state index contributed by atoms with van der Waals surface area (Å²) in [5.41, 5.74) is 2.08. The molecule has 0 saturated carbocycles. The van der Waals surface area contributed by atoms with Crippen LogP contribution in [0.5, 0.6) is 17.2 Å². The number of benzene rings is 3. The van der Waals surface area contributed by atoms with Crippen LogP contribution in [0.15, 0.2) is 83.9 Å². The zero-order valence-corrected chi connectivity index (χ0v) is 13.5. The summed E-state index contributed by atoms with van der Waals surface area (Å²) in [5, 5.41) is 9.30. The molecule has 0 unspecified atom stereocenters. The van der Waals surface area contributed by atoms with Gasteiger partial charge in [0.15, 0.2) is 0 Å². The van der Waals surface area contributed by atoms with Crippen molar-refractivity contribution in [1.29, 1.82) is 0 Å². The maximum absolute atomic E-state index is 9.30. The lowest BCUT2D eigenvalue weighted by Gasteiger charge is -2.07. The molecular weight excluding hydrogens is 314 g/mol. The standard InChI is InChI=1S/C21H17NO3/c23-17-8-12-19(13-9-17)25-18-10-6-16(7-11-18)21-22-20(14-24-21)15-4-2-1-3-5-15/h1-13,20,23H,14H2/t20-/m1/s1. The minimum atomic E-state index is 0.0455. The Morgan fingerprint density at radius 2 is 1.48 bits per heavy atom. The molecule has 124 valence electrons. The van der Waals surface area contributed by atoms with Crippen LogP contribution in [0.3, 0.4) is 0 Å². The first-order chi connectivity index (χ1) is 12.3. The van der Waals surface area contributed by atoms with Crippen molar-refractivity contribution >= 4 is 5.90 Å². The summed E-state index contributed by atoms with van der Waals surface area (Å²) in [6.07, 6.45) is 0. The van der Waals surface area contributed by atoms with Crippen molar-refractivity contribution in [1.82, 2.24) is 0 Å². The van der Waals surface area contributed by atoms with Gasteiger partial charge in [-0.2, -0.15) is 0 Å². The summed E-state index contributed by atoms with van der Waals surface area (Å²) >= 11 is 0. The molecule has 0 radical (unpaired) electrons. The Balaban J connectivity index is 1.48. The van der Waals surface area contributed by atoms with Crippen molar-refractivity contribution < 1.29 is 14.6 Å². The molecule has 0 aromatic heterocycles. The second-order valence-electron chi connectivity index (χ2n) is 5.79. The van der Waals surface area contributed by atoms with Crippen molar-refractivity contribution in [3.63, 3.8) is 0 Å². The first-order valence-electron chi connectivity index (χ1n) is 8.11. The number of phenols is 1. The predicted molar refractivity (Wildman–Crippen MR) is 96.3 cm³/mol. The third-order valence-electron chi connectivity index (χ3n) is 4.01. The maximum Gasteiger partial charge on any atom is 0.216 e. The summed E-state index contributed by atoms with van der Waals surface area (Å²) < 4.78 is 11.5. The highest BCUT2D eigenvalue weighted by atomic mass is 16.5. The van der Waals surface area contributed by atoms with Gasteiger partial charge >= 0.3 is 0 Å². The minimum Gasteiger partial charge on any atom is -0.508 e. The number of aliphatic imine (C=N–C) groups is 1. The molecule has 3 aromatic carbocycles. The highest BCUT2D eigenvalue weighted by Gasteiger charge is 2.21. The molecule has 3 aromatic rings. The van der Waals surface area contributed by atoms with Gasteiger partial charge in [-0.3, -0.25) is 0 Å². The van der Waals surface area contributed by atoms with Gasteiger partial charge < -0.3 is 14.6 Å². The molecule has 1 aliphatic rings. The second-order valence-corrected chi connectivity index (χ2v) is 5.79. The molecule has 4 heteroatoms. The Labute approximate surface area is 146 Å².